The Morgan fingerprint density at radius 3 is 2.90 bits per heavy atom. The number of benzene rings is 1. The fourth-order valence-electron chi connectivity index (χ4n) is 1.98. The summed E-state index contributed by atoms with van der Waals surface area (Å²) in [6.07, 6.45) is 0. The van der Waals surface area contributed by atoms with Gasteiger partial charge < -0.3 is 5.32 Å². The van der Waals surface area contributed by atoms with Crippen molar-refractivity contribution in [3.8, 4) is 0 Å². The van der Waals surface area contributed by atoms with Crippen LogP contribution in [-0.4, -0.2) is 31.8 Å². The molecule has 7 nitrogen and oxygen atoms in total. The number of H-pyrrole nitrogens is 1. The first kappa shape index (κ1) is 13.6. The number of anilines is 1. The summed E-state index contributed by atoms with van der Waals surface area (Å²) in [4.78, 5) is 20.5. The summed E-state index contributed by atoms with van der Waals surface area (Å²) in [5.41, 5.74) is 0.632. The number of nitrogens with one attached hydrogen (secondary N) is 2. The summed E-state index contributed by atoms with van der Waals surface area (Å²) in [7, 11) is 1.77. The molecule has 0 radical (unpaired) electrons. The third kappa shape index (κ3) is 2.49. The third-order valence-corrected chi connectivity index (χ3v) is 4.02. The highest BCUT2D eigenvalue weighted by atomic mass is 32.2. The molecular formula is C13H14N6OS. The minimum Gasteiger partial charge on any atom is -0.357 e. The maximum absolute atomic E-state index is 11.6. The second kappa shape index (κ2) is 5.57. The molecule has 8 heteroatoms. The highest BCUT2D eigenvalue weighted by molar-refractivity contribution is 7.99. The van der Waals surface area contributed by atoms with Crippen molar-refractivity contribution in [2.24, 2.45) is 0 Å². The molecule has 2 aromatic heterocycles. The molecule has 0 aliphatic heterocycles. The Balaban J connectivity index is 2.13. The molecule has 21 heavy (non-hydrogen) atoms. The van der Waals surface area contributed by atoms with Crippen LogP contribution in [0.4, 0.5) is 5.95 Å². The van der Waals surface area contributed by atoms with Crippen LogP contribution in [0.2, 0.25) is 0 Å². The van der Waals surface area contributed by atoms with Crippen LogP contribution in [0, 0.1) is 0 Å². The second-order valence-corrected chi connectivity index (χ2v) is 5.23. The summed E-state index contributed by atoms with van der Waals surface area (Å²) in [5.74, 6) is 0.539. The molecule has 0 spiro atoms. The zero-order valence-corrected chi connectivity index (χ0v) is 12.4. The summed E-state index contributed by atoms with van der Waals surface area (Å²) in [6, 6.07) is 7.75. The van der Waals surface area contributed by atoms with Crippen molar-refractivity contribution in [2.45, 2.75) is 23.7 Å². The molecule has 1 aromatic carbocycles. The number of rotatable bonds is 4. The minimum atomic E-state index is -0.216. The SMILES string of the molecule is CCn1c(Sc2nc(NC)nc3ccccc23)n[nH]c1=O. The Kier molecular flexibility index (Phi) is 3.61. The summed E-state index contributed by atoms with van der Waals surface area (Å²) in [6.45, 7) is 2.46. The Morgan fingerprint density at radius 1 is 1.33 bits per heavy atom. The number of aromatic amines is 1. The zero-order valence-electron chi connectivity index (χ0n) is 11.6. The van der Waals surface area contributed by atoms with Crippen LogP contribution >= 0.6 is 11.8 Å². The second-order valence-electron chi connectivity index (χ2n) is 4.28. The monoisotopic (exact) mass is 302 g/mol. The number of para-hydroxylation sites is 1. The van der Waals surface area contributed by atoms with E-state index >= 15 is 0 Å². The molecule has 0 unspecified atom stereocenters. The quantitative estimate of drug-likeness (QED) is 0.714. The Hall–Kier alpha value is -2.35. The largest absolute Gasteiger partial charge is 0.357 e. The van der Waals surface area contributed by atoms with E-state index in [9.17, 15) is 4.79 Å². The number of nitrogens with zero attached hydrogens (tertiary/aromatic N) is 4. The van der Waals surface area contributed by atoms with Gasteiger partial charge in [0.15, 0.2) is 5.16 Å². The van der Waals surface area contributed by atoms with Gasteiger partial charge in [0.2, 0.25) is 5.95 Å². The first-order valence-electron chi connectivity index (χ1n) is 6.50. The standard InChI is InChI=1S/C13H14N6OS/c1-3-19-12(20)17-18-13(19)21-10-8-6-4-5-7-9(8)15-11(14-2)16-10/h4-7H,3H2,1-2H3,(H,17,20)(H,14,15,16). The number of aromatic nitrogens is 5. The fraction of sp³-hybridized carbons (Fsp3) is 0.231. The molecule has 108 valence electrons. The van der Waals surface area contributed by atoms with E-state index in [2.05, 4.69) is 25.5 Å². The number of hydrogen-bond donors (Lipinski definition) is 2. The number of fused-ring (bicyclic) bond motifs is 1. The lowest BCUT2D eigenvalue weighted by Crippen LogP contribution is -2.16. The van der Waals surface area contributed by atoms with Gasteiger partial charge in [-0.15, -0.1) is 5.10 Å². The Labute approximate surface area is 124 Å². The first-order chi connectivity index (χ1) is 10.2. The van der Waals surface area contributed by atoms with Gasteiger partial charge in [-0.1, -0.05) is 18.2 Å². The molecular weight excluding hydrogens is 288 g/mol. The van der Waals surface area contributed by atoms with Crippen molar-refractivity contribution in [1.82, 2.24) is 24.7 Å². The van der Waals surface area contributed by atoms with Gasteiger partial charge in [0.1, 0.15) is 5.03 Å². The van der Waals surface area contributed by atoms with Gasteiger partial charge in [0.25, 0.3) is 0 Å². The van der Waals surface area contributed by atoms with Crippen LogP contribution in [-0.2, 0) is 6.54 Å². The normalized spacial score (nSPS) is 11.0. The van der Waals surface area contributed by atoms with Gasteiger partial charge in [0.05, 0.1) is 5.52 Å². The summed E-state index contributed by atoms with van der Waals surface area (Å²) in [5, 5.41) is 11.7. The highest BCUT2D eigenvalue weighted by Crippen LogP contribution is 2.30. The van der Waals surface area contributed by atoms with E-state index in [1.807, 2.05) is 31.2 Å². The first-order valence-corrected chi connectivity index (χ1v) is 7.32. The minimum absolute atomic E-state index is 0.216. The van der Waals surface area contributed by atoms with Gasteiger partial charge in [-0.05, 0) is 24.8 Å². The van der Waals surface area contributed by atoms with Crippen molar-refractivity contribution < 1.29 is 0 Å². The van der Waals surface area contributed by atoms with Crippen LogP contribution in [0.3, 0.4) is 0 Å². The summed E-state index contributed by atoms with van der Waals surface area (Å²) >= 11 is 1.35. The Morgan fingerprint density at radius 2 is 2.14 bits per heavy atom. The molecule has 3 rings (SSSR count). The van der Waals surface area contributed by atoms with Gasteiger partial charge >= 0.3 is 5.69 Å². The molecule has 0 amide bonds. The van der Waals surface area contributed by atoms with Crippen molar-refractivity contribution in [3.05, 3.63) is 34.7 Å². The molecule has 2 heterocycles. The van der Waals surface area contributed by atoms with Gasteiger partial charge in [-0.25, -0.2) is 19.9 Å². The van der Waals surface area contributed by atoms with Crippen molar-refractivity contribution in [1.29, 1.82) is 0 Å². The summed E-state index contributed by atoms with van der Waals surface area (Å²) < 4.78 is 1.57. The van der Waals surface area contributed by atoms with E-state index in [-0.39, 0.29) is 5.69 Å². The predicted octanol–water partition coefficient (Wildman–Crippen LogP) is 1.73. The fourth-order valence-corrected chi connectivity index (χ4v) is 2.98. The lowest BCUT2D eigenvalue weighted by atomic mass is 10.2. The topological polar surface area (TPSA) is 88.5 Å². The maximum Gasteiger partial charge on any atom is 0.343 e. The molecule has 0 aliphatic carbocycles. The van der Waals surface area contributed by atoms with Gasteiger partial charge in [-0.3, -0.25) is 4.57 Å². The van der Waals surface area contributed by atoms with Crippen LogP contribution in [0.5, 0.6) is 0 Å². The smallest absolute Gasteiger partial charge is 0.343 e. The van der Waals surface area contributed by atoms with E-state index in [0.29, 0.717) is 17.6 Å². The van der Waals surface area contributed by atoms with Gasteiger partial charge in [0, 0.05) is 19.0 Å². The molecule has 3 aromatic rings. The Bertz CT molecular complexity index is 840. The molecule has 0 bridgehead atoms. The molecule has 0 saturated carbocycles. The highest BCUT2D eigenvalue weighted by Gasteiger charge is 2.13. The van der Waals surface area contributed by atoms with Crippen LogP contribution in [0.15, 0.2) is 39.2 Å². The zero-order chi connectivity index (χ0) is 14.8. The molecule has 0 fully saturated rings. The van der Waals surface area contributed by atoms with Crippen molar-refractivity contribution >= 4 is 28.6 Å². The van der Waals surface area contributed by atoms with Crippen LogP contribution < -0.4 is 11.0 Å². The molecule has 0 saturated heterocycles. The van der Waals surface area contributed by atoms with Crippen molar-refractivity contribution in [3.63, 3.8) is 0 Å². The van der Waals surface area contributed by atoms with E-state index in [1.165, 1.54) is 11.8 Å². The van der Waals surface area contributed by atoms with E-state index < -0.39 is 0 Å². The molecule has 0 aliphatic rings. The van der Waals surface area contributed by atoms with Crippen LogP contribution in [0.1, 0.15) is 6.92 Å². The van der Waals surface area contributed by atoms with E-state index in [1.54, 1.807) is 11.6 Å². The van der Waals surface area contributed by atoms with Crippen LogP contribution in [0.25, 0.3) is 10.9 Å². The maximum atomic E-state index is 11.6. The van der Waals surface area contributed by atoms with Gasteiger partial charge in [-0.2, -0.15) is 0 Å². The predicted molar refractivity (Wildman–Crippen MR) is 81.7 cm³/mol. The third-order valence-electron chi connectivity index (χ3n) is 3.02. The molecule has 0 atom stereocenters. The molecule has 2 N–H and O–H groups in total. The lowest BCUT2D eigenvalue weighted by molar-refractivity contribution is 0.660. The van der Waals surface area contributed by atoms with E-state index in [4.69, 9.17) is 0 Å². The lowest BCUT2D eigenvalue weighted by Gasteiger charge is -2.07. The average Bonchev–Trinajstić information content (AvgIpc) is 2.87. The van der Waals surface area contributed by atoms with E-state index in [0.717, 1.165) is 15.9 Å². The number of hydrogen-bond acceptors (Lipinski definition) is 6. The average molecular weight is 302 g/mol. The van der Waals surface area contributed by atoms with Crippen molar-refractivity contribution in [2.75, 3.05) is 12.4 Å².